The molecule has 2 N–H and O–H groups in total. The van der Waals surface area contributed by atoms with Gasteiger partial charge >= 0.3 is 0 Å². The molecule has 2 radical (unpaired) electrons. The van der Waals surface area contributed by atoms with Crippen LogP contribution < -0.4 is 9.74 Å². The van der Waals surface area contributed by atoms with Gasteiger partial charge in [0, 0.05) is 23.5 Å². The van der Waals surface area contributed by atoms with Gasteiger partial charge in [0.2, 0.25) is 5.91 Å². The SMILES string of the molecule is N#C[C@@H]1CC(F)CN1C(=O)CNC(=O)c1c[nH]c2cc[c]([Al])cc12. The Kier molecular flexibility index (Phi) is 4.57. The molecule has 24 heavy (non-hydrogen) atoms. The smallest absolute Gasteiger partial charge is 0.253 e. The molecule has 1 fully saturated rings. The summed E-state index contributed by atoms with van der Waals surface area (Å²) in [6.07, 6.45) is 0.416. The van der Waals surface area contributed by atoms with Gasteiger partial charge in [0.25, 0.3) is 5.91 Å². The van der Waals surface area contributed by atoms with Gasteiger partial charge in [-0.05, 0) is 6.07 Å². The van der Waals surface area contributed by atoms with Crippen LogP contribution in [0.15, 0.2) is 24.4 Å². The highest BCUT2D eigenvalue weighted by molar-refractivity contribution is 6.33. The van der Waals surface area contributed by atoms with E-state index < -0.39 is 24.0 Å². The number of rotatable bonds is 3. The number of fused-ring (bicyclic) bond motifs is 1. The number of aromatic nitrogens is 1. The van der Waals surface area contributed by atoms with E-state index in [0.717, 1.165) is 15.3 Å². The van der Waals surface area contributed by atoms with Gasteiger partial charge in [-0.1, -0.05) is 12.1 Å². The number of nitriles is 1. The Morgan fingerprint density at radius 2 is 2.29 bits per heavy atom. The zero-order valence-electron chi connectivity index (χ0n) is 12.8. The molecule has 8 heteroatoms. The van der Waals surface area contributed by atoms with Gasteiger partial charge in [-0.25, -0.2) is 4.39 Å². The minimum absolute atomic E-state index is 0.0234. The van der Waals surface area contributed by atoms with Gasteiger partial charge in [0.05, 0.1) is 24.7 Å². The summed E-state index contributed by atoms with van der Waals surface area (Å²) < 4.78 is 14.3. The number of aromatic amines is 1. The van der Waals surface area contributed by atoms with E-state index in [9.17, 15) is 14.0 Å². The standard InChI is InChI=1S/C16H14FN4O2.Al/c17-10-5-11(6-18)21(9-10)15(22)8-20-16(23)13-7-19-14-4-2-1-3-12(13)14;/h2-4,7,10-11,19H,5,8-9H2,(H,20,23);/t10?,11-;/m0./s1. The number of amides is 2. The highest BCUT2D eigenvalue weighted by Crippen LogP contribution is 2.20. The van der Waals surface area contributed by atoms with Crippen molar-refractivity contribution in [3.8, 4) is 6.07 Å². The normalized spacial score (nSPS) is 20.1. The second-order valence-corrected chi connectivity index (χ2v) is 6.38. The average Bonchev–Trinajstić information content (AvgIpc) is 3.15. The fraction of sp³-hybridized carbons (Fsp3) is 0.312. The highest BCUT2D eigenvalue weighted by atomic mass is 27.0. The first-order chi connectivity index (χ1) is 11.5. The van der Waals surface area contributed by atoms with Gasteiger partial charge in [-0.3, -0.25) is 9.59 Å². The Bertz CT molecular complexity index is 844. The predicted molar refractivity (Wildman–Crippen MR) is 86.6 cm³/mol. The van der Waals surface area contributed by atoms with Gasteiger partial charge in [-0.15, -0.1) is 4.43 Å². The van der Waals surface area contributed by atoms with Crippen molar-refractivity contribution in [3.63, 3.8) is 0 Å². The monoisotopic (exact) mass is 340 g/mol. The molecule has 1 aromatic heterocycles. The molecule has 120 valence electrons. The van der Waals surface area contributed by atoms with Crippen molar-refractivity contribution >= 4 is 43.4 Å². The lowest BCUT2D eigenvalue weighted by Crippen LogP contribution is -2.42. The molecule has 0 saturated carbocycles. The maximum atomic E-state index is 13.4. The summed E-state index contributed by atoms with van der Waals surface area (Å²) in [5, 5.41) is 12.3. The zero-order chi connectivity index (χ0) is 17.3. The Balaban J connectivity index is 1.68. The van der Waals surface area contributed by atoms with Crippen molar-refractivity contribution < 1.29 is 14.0 Å². The third-order valence-electron chi connectivity index (χ3n) is 4.07. The van der Waals surface area contributed by atoms with Crippen molar-refractivity contribution in [2.45, 2.75) is 18.6 Å². The molecule has 0 bridgehead atoms. The molecule has 6 nitrogen and oxygen atoms in total. The van der Waals surface area contributed by atoms with Crippen LogP contribution in [-0.2, 0) is 4.79 Å². The average molecular weight is 340 g/mol. The summed E-state index contributed by atoms with van der Waals surface area (Å²) in [5.74, 6) is -0.851. The molecule has 2 heterocycles. The molecule has 3 rings (SSSR count). The molecule has 0 spiro atoms. The van der Waals surface area contributed by atoms with Crippen LogP contribution in [0, 0.1) is 11.3 Å². The van der Waals surface area contributed by atoms with E-state index in [-0.39, 0.29) is 19.5 Å². The maximum Gasteiger partial charge on any atom is 0.253 e. The maximum absolute atomic E-state index is 13.4. The highest BCUT2D eigenvalue weighted by Gasteiger charge is 2.35. The number of hydrogen-bond donors (Lipinski definition) is 2. The van der Waals surface area contributed by atoms with Crippen LogP contribution in [0.1, 0.15) is 16.8 Å². The van der Waals surface area contributed by atoms with Crippen LogP contribution in [0.3, 0.4) is 0 Å². The lowest BCUT2D eigenvalue weighted by molar-refractivity contribution is -0.130. The van der Waals surface area contributed by atoms with E-state index in [2.05, 4.69) is 26.6 Å². The van der Waals surface area contributed by atoms with Crippen molar-refractivity contribution in [1.29, 1.82) is 5.26 Å². The first-order valence-corrected chi connectivity index (χ1v) is 8.05. The Hall–Kier alpha value is -2.35. The number of halogens is 1. The van der Waals surface area contributed by atoms with E-state index in [1.54, 1.807) is 6.20 Å². The Morgan fingerprint density at radius 3 is 3.04 bits per heavy atom. The van der Waals surface area contributed by atoms with Crippen molar-refractivity contribution in [3.05, 3.63) is 30.0 Å². The number of H-pyrrole nitrogens is 1. The van der Waals surface area contributed by atoms with E-state index >= 15 is 0 Å². The van der Waals surface area contributed by atoms with Crippen LogP contribution >= 0.6 is 0 Å². The largest absolute Gasteiger partial charge is 0.360 e. The third-order valence-corrected chi connectivity index (χ3v) is 4.43. The first kappa shape index (κ1) is 16.5. The molecule has 1 aliphatic rings. The van der Waals surface area contributed by atoms with Crippen LogP contribution in [0.25, 0.3) is 10.9 Å². The summed E-state index contributed by atoms with van der Waals surface area (Å²) in [6.45, 7) is -0.368. The minimum atomic E-state index is -1.19. The van der Waals surface area contributed by atoms with E-state index in [4.69, 9.17) is 5.26 Å². The second-order valence-electron chi connectivity index (χ2n) is 5.71. The number of nitrogens with one attached hydrogen (secondary N) is 2. The molecule has 2 atom stereocenters. The summed E-state index contributed by atoms with van der Waals surface area (Å²) >= 11 is 2.56. The van der Waals surface area contributed by atoms with Gasteiger partial charge in [0.15, 0.2) is 16.3 Å². The summed E-state index contributed by atoms with van der Waals surface area (Å²) in [7, 11) is 0. The molecule has 0 aliphatic carbocycles. The Labute approximate surface area is 146 Å². The fourth-order valence-corrected chi connectivity index (χ4v) is 3.12. The molecule has 1 unspecified atom stereocenters. The number of carbonyl (C=O) groups excluding carboxylic acids is 2. The van der Waals surface area contributed by atoms with Gasteiger partial charge in [0.1, 0.15) is 12.2 Å². The second kappa shape index (κ2) is 6.64. The fourth-order valence-electron chi connectivity index (χ4n) is 2.86. The molecule has 1 aromatic carbocycles. The molecule has 2 amide bonds. The summed E-state index contributed by atoms with van der Waals surface area (Å²) in [6, 6.07) is 6.77. The Morgan fingerprint density at radius 1 is 1.50 bits per heavy atom. The molecular formula is C16H14AlFN4O2. The molecular weight excluding hydrogens is 326 g/mol. The number of nitrogens with zero attached hydrogens (tertiary/aromatic N) is 2. The van der Waals surface area contributed by atoms with E-state index in [0.29, 0.717) is 5.56 Å². The third kappa shape index (κ3) is 3.14. The molecule has 1 saturated heterocycles. The number of carbonyl (C=O) groups is 2. The van der Waals surface area contributed by atoms with Crippen LogP contribution in [-0.4, -0.2) is 63.3 Å². The lowest BCUT2D eigenvalue weighted by atomic mass is 10.1. The van der Waals surface area contributed by atoms with Crippen molar-refractivity contribution in [1.82, 2.24) is 15.2 Å². The molecule has 1 aliphatic heterocycles. The van der Waals surface area contributed by atoms with E-state index in [1.165, 1.54) is 4.90 Å². The number of alkyl halides is 1. The number of benzene rings is 1. The lowest BCUT2D eigenvalue weighted by Gasteiger charge is -2.19. The van der Waals surface area contributed by atoms with Crippen molar-refractivity contribution in [2.75, 3.05) is 13.1 Å². The number of likely N-dealkylation sites (tertiary alicyclic amines) is 1. The van der Waals surface area contributed by atoms with Crippen LogP contribution in [0.5, 0.6) is 0 Å². The predicted octanol–water partition coefficient (Wildman–Crippen LogP) is 0.154. The first-order valence-electron chi connectivity index (χ1n) is 7.47. The van der Waals surface area contributed by atoms with Crippen LogP contribution in [0.2, 0.25) is 0 Å². The quantitative estimate of drug-likeness (QED) is 0.780. The number of hydrogen-bond acceptors (Lipinski definition) is 3. The van der Waals surface area contributed by atoms with Gasteiger partial charge < -0.3 is 15.2 Å². The van der Waals surface area contributed by atoms with Crippen LogP contribution in [0.4, 0.5) is 4.39 Å². The minimum Gasteiger partial charge on any atom is -0.360 e. The summed E-state index contributed by atoms with van der Waals surface area (Å²) in [5.41, 5.74) is 1.26. The molecule has 2 aromatic rings. The zero-order valence-corrected chi connectivity index (χ0v) is 13.9. The van der Waals surface area contributed by atoms with E-state index in [1.807, 2.05) is 24.3 Å². The topological polar surface area (TPSA) is 89.0 Å². The summed E-state index contributed by atoms with van der Waals surface area (Å²) in [4.78, 5) is 28.6. The van der Waals surface area contributed by atoms with Gasteiger partial charge in [-0.2, -0.15) is 5.26 Å². The van der Waals surface area contributed by atoms with Crippen molar-refractivity contribution in [2.24, 2.45) is 0 Å².